The molecule has 7 heteroatoms. The van der Waals surface area contributed by atoms with Gasteiger partial charge in [0.1, 0.15) is 0 Å². The van der Waals surface area contributed by atoms with Crippen LogP contribution in [-0.4, -0.2) is 61.9 Å². The fourth-order valence-corrected chi connectivity index (χ4v) is 5.02. The Kier molecular flexibility index (Phi) is 4.47. The molecule has 2 aliphatic heterocycles. The molecule has 22 heavy (non-hydrogen) atoms. The molecule has 1 unspecified atom stereocenters. The highest BCUT2D eigenvalue weighted by atomic mass is 32.2. The number of sulfone groups is 1. The SMILES string of the molecule is O=S1(=O)CCC(N2CCN(Cc3cccc(F)c3F)CC2)C1. The molecule has 4 nitrogen and oxygen atoms in total. The molecular weight excluding hydrogens is 310 g/mol. The van der Waals surface area contributed by atoms with Crippen molar-refractivity contribution in [2.45, 2.75) is 19.0 Å². The van der Waals surface area contributed by atoms with Crippen LogP contribution in [0, 0.1) is 11.6 Å². The molecule has 1 aromatic carbocycles. The fraction of sp³-hybridized carbons (Fsp3) is 0.600. The van der Waals surface area contributed by atoms with Crippen LogP contribution in [0.3, 0.4) is 0 Å². The van der Waals surface area contributed by atoms with Crippen LogP contribution in [0.15, 0.2) is 18.2 Å². The summed E-state index contributed by atoms with van der Waals surface area (Å²) in [5.41, 5.74) is 0.372. The number of hydrogen-bond donors (Lipinski definition) is 0. The average molecular weight is 330 g/mol. The Balaban J connectivity index is 1.55. The van der Waals surface area contributed by atoms with Gasteiger partial charge in [-0.25, -0.2) is 17.2 Å². The van der Waals surface area contributed by atoms with E-state index < -0.39 is 21.5 Å². The summed E-state index contributed by atoms with van der Waals surface area (Å²) in [6.07, 6.45) is 0.709. The van der Waals surface area contributed by atoms with Gasteiger partial charge in [0.05, 0.1) is 11.5 Å². The average Bonchev–Trinajstić information content (AvgIpc) is 2.85. The third kappa shape index (κ3) is 3.47. The van der Waals surface area contributed by atoms with Gasteiger partial charge >= 0.3 is 0 Å². The number of rotatable bonds is 3. The molecule has 0 amide bonds. The second kappa shape index (κ2) is 6.22. The smallest absolute Gasteiger partial charge is 0.163 e. The van der Waals surface area contributed by atoms with E-state index >= 15 is 0 Å². The van der Waals surface area contributed by atoms with Crippen molar-refractivity contribution in [2.24, 2.45) is 0 Å². The Bertz CT molecular complexity index is 643. The van der Waals surface area contributed by atoms with Crippen LogP contribution in [-0.2, 0) is 16.4 Å². The standard InChI is InChI=1S/C15H20F2N2O2S/c16-14-3-1-2-12(15(14)17)10-18-5-7-19(8-6-18)13-4-9-22(20,21)11-13/h1-3,13H,4-11H2. The molecular formula is C15H20F2N2O2S. The van der Waals surface area contributed by atoms with E-state index in [9.17, 15) is 17.2 Å². The van der Waals surface area contributed by atoms with E-state index in [-0.39, 0.29) is 17.5 Å². The Morgan fingerprint density at radius 3 is 2.50 bits per heavy atom. The first kappa shape index (κ1) is 15.8. The lowest BCUT2D eigenvalue weighted by atomic mass is 10.1. The first-order valence-electron chi connectivity index (χ1n) is 7.54. The van der Waals surface area contributed by atoms with E-state index in [1.165, 1.54) is 6.07 Å². The normalized spacial score (nSPS) is 26.4. The second-order valence-corrected chi connectivity index (χ2v) is 8.31. The van der Waals surface area contributed by atoms with Crippen molar-refractivity contribution in [3.05, 3.63) is 35.4 Å². The monoisotopic (exact) mass is 330 g/mol. The highest BCUT2D eigenvalue weighted by molar-refractivity contribution is 7.91. The van der Waals surface area contributed by atoms with E-state index in [1.54, 1.807) is 6.07 Å². The highest BCUT2D eigenvalue weighted by Crippen LogP contribution is 2.20. The summed E-state index contributed by atoms with van der Waals surface area (Å²) in [5.74, 6) is -1.04. The van der Waals surface area contributed by atoms with Gasteiger partial charge < -0.3 is 0 Å². The molecule has 0 saturated carbocycles. The zero-order valence-corrected chi connectivity index (χ0v) is 13.2. The Morgan fingerprint density at radius 2 is 1.86 bits per heavy atom. The lowest BCUT2D eigenvalue weighted by molar-refractivity contribution is 0.0992. The number of nitrogens with zero attached hydrogens (tertiary/aromatic N) is 2. The van der Waals surface area contributed by atoms with Crippen molar-refractivity contribution in [2.75, 3.05) is 37.7 Å². The van der Waals surface area contributed by atoms with Crippen LogP contribution in [0.5, 0.6) is 0 Å². The summed E-state index contributed by atoms with van der Waals surface area (Å²) in [5, 5.41) is 0. The molecule has 3 rings (SSSR count). The van der Waals surface area contributed by atoms with Crippen LogP contribution in [0.4, 0.5) is 8.78 Å². The summed E-state index contributed by atoms with van der Waals surface area (Å²) in [4.78, 5) is 4.29. The maximum absolute atomic E-state index is 13.7. The molecule has 122 valence electrons. The van der Waals surface area contributed by atoms with Gasteiger partial charge in [0.25, 0.3) is 0 Å². The van der Waals surface area contributed by atoms with Crippen molar-refractivity contribution in [3.8, 4) is 0 Å². The van der Waals surface area contributed by atoms with E-state index in [2.05, 4.69) is 9.80 Å². The molecule has 0 bridgehead atoms. The number of hydrogen-bond acceptors (Lipinski definition) is 4. The lowest BCUT2D eigenvalue weighted by Gasteiger charge is -2.37. The van der Waals surface area contributed by atoms with Gasteiger partial charge in [-0.2, -0.15) is 0 Å². The molecule has 2 aliphatic rings. The van der Waals surface area contributed by atoms with Crippen molar-refractivity contribution in [1.29, 1.82) is 0 Å². The zero-order valence-electron chi connectivity index (χ0n) is 12.3. The quantitative estimate of drug-likeness (QED) is 0.837. The van der Waals surface area contributed by atoms with Crippen LogP contribution in [0.25, 0.3) is 0 Å². The van der Waals surface area contributed by atoms with Gasteiger partial charge in [0.2, 0.25) is 0 Å². The van der Waals surface area contributed by atoms with Crippen LogP contribution < -0.4 is 0 Å². The summed E-state index contributed by atoms with van der Waals surface area (Å²) in [6, 6.07) is 4.37. The van der Waals surface area contributed by atoms with Crippen LogP contribution in [0.1, 0.15) is 12.0 Å². The summed E-state index contributed by atoms with van der Waals surface area (Å²) >= 11 is 0. The number of benzene rings is 1. The molecule has 2 heterocycles. The second-order valence-electron chi connectivity index (χ2n) is 6.08. The molecule has 2 saturated heterocycles. The maximum atomic E-state index is 13.7. The highest BCUT2D eigenvalue weighted by Gasteiger charge is 2.33. The largest absolute Gasteiger partial charge is 0.297 e. The van der Waals surface area contributed by atoms with Gasteiger partial charge in [0, 0.05) is 44.3 Å². The summed E-state index contributed by atoms with van der Waals surface area (Å²) < 4.78 is 50.0. The van der Waals surface area contributed by atoms with Crippen molar-refractivity contribution in [1.82, 2.24) is 9.80 Å². The van der Waals surface area contributed by atoms with E-state index in [4.69, 9.17) is 0 Å². The molecule has 0 aliphatic carbocycles. The number of halogens is 2. The molecule has 0 spiro atoms. The molecule has 1 atom stereocenters. The minimum absolute atomic E-state index is 0.123. The Labute approximate surface area is 129 Å². The van der Waals surface area contributed by atoms with E-state index in [0.717, 1.165) is 32.2 Å². The van der Waals surface area contributed by atoms with Gasteiger partial charge in [0.15, 0.2) is 21.5 Å². The lowest BCUT2D eigenvalue weighted by Crippen LogP contribution is -2.50. The van der Waals surface area contributed by atoms with Gasteiger partial charge in [-0.1, -0.05) is 12.1 Å². The van der Waals surface area contributed by atoms with Crippen molar-refractivity contribution in [3.63, 3.8) is 0 Å². The molecule has 1 aromatic rings. The molecule has 0 radical (unpaired) electrons. The van der Waals surface area contributed by atoms with Gasteiger partial charge in [-0.05, 0) is 12.5 Å². The molecule has 0 N–H and O–H groups in total. The van der Waals surface area contributed by atoms with Gasteiger partial charge in [-0.15, -0.1) is 0 Å². The molecule has 0 aromatic heterocycles. The third-order valence-corrected chi connectivity index (χ3v) is 6.31. The van der Waals surface area contributed by atoms with E-state index in [1.807, 2.05) is 0 Å². The first-order chi connectivity index (χ1) is 10.4. The minimum Gasteiger partial charge on any atom is -0.297 e. The third-order valence-electron chi connectivity index (χ3n) is 4.56. The fourth-order valence-electron chi connectivity index (χ4n) is 3.26. The Hall–Kier alpha value is -1.05. The van der Waals surface area contributed by atoms with Crippen molar-refractivity contribution < 1.29 is 17.2 Å². The summed E-state index contributed by atoms with van der Waals surface area (Å²) in [6.45, 7) is 3.42. The van der Waals surface area contributed by atoms with Crippen LogP contribution >= 0.6 is 0 Å². The topological polar surface area (TPSA) is 40.6 Å². The predicted octanol–water partition coefficient (Wildman–Crippen LogP) is 1.27. The predicted molar refractivity (Wildman–Crippen MR) is 80.3 cm³/mol. The molecule has 2 fully saturated rings. The van der Waals surface area contributed by atoms with Crippen LogP contribution in [0.2, 0.25) is 0 Å². The maximum Gasteiger partial charge on any atom is 0.163 e. The first-order valence-corrected chi connectivity index (χ1v) is 9.36. The summed E-state index contributed by atoms with van der Waals surface area (Å²) in [7, 11) is -2.86. The number of piperazine rings is 1. The minimum atomic E-state index is -2.86. The van der Waals surface area contributed by atoms with Gasteiger partial charge in [-0.3, -0.25) is 9.80 Å². The Morgan fingerprint density at radius 1 is 1.14 bits per heavy atom. The van der Waals surface area contributed by atoms with E-state index in [0.29, 0.717) is 18.5 Å². The zero-order chi connectivity index (χ0) is 15.7. The van der Waals surface area contributed by atoms with Crippen molar-refractivity contribution >= 4 is 9.84 Å².